The van der Waals surface area contributed by atoms with Gasteiger partial charge in [-0.05, 0) is 129 Å². The topological polar surface area (TPSA) is 62.8 Å². The van der Waals surface area contributed by atoms with Crippen LogP contribution in [0.25, 0.3) is 109 Å². The minimum Gasteiger partial charge on any atom is -0.455 e. The highest BCUT2D eigenvalue weighted by Gasteiger charge is 2.46. The van der Waals surface area contributed by atoms with Crippen molar-refractivity contribution in [3.63, 3.8) is 0 Å². The highest BCUT2D eigenvalue weighted by Crippen LogP contribution is 2.62. The Balaban J connectivity index is 1.07. The third-order valence-corrected chi connectivity index (χ3v) is 19.7. The van der Waals surface area contributed by atoms with Crippen LogP contribution in [-0.2, 0) is 16.2 Å². The summed E-state index contributed by atoms with van der Waals surface area (Å²) >= 11 is 0. The zero-order valence-electron chi connectivity index (χ0n) is 45.0. The summed E-state index contributed by atoms with van der Waals surface area (Å²) in [6, 6.07) is 65.3. The van der Waals surface area contributed by atoms with E-state index in [1.165, 1.54) is 55.2 Å². The maximum absolute atomic E-state index is 15.4. The first-order valence-electron chi connectivity index (χ1n) is 27.9. The van der Waals surface area contributed by atoms with Crippen LogP contribution in [-0.4, -0.2) is 14.6 Å². The molecule has 0 amide bonds. The van der Waals surface area contributed by atoms with E-state index in [1.54, 1.807) is 0 Å². The molecule has 15 aromatic rings. The van der Waals surface area contributed by atoms with Crippen molar-refractivity contribution in [2.75, 3.05) is 0 Å². The summed E-state index contributed by atoms with van der Waals surface area (Å²) in [6.45, 7) is 15.7. The number of para-hydroxylation sites is 1. The molecule has 4 aliphatic rings. The maximum atomic E-state index is 15.4. The van der Waals surface area contributed by atoms with Crippen molar-refractivity contribution in [2.24, 2.45) is 0 Å². The summed E-state index contributed by atoms with van der Waals surface area (Å²) in [4.78, 5) is 15.4. The number of rotatable bonds is 1. The summed E-state index contributed by atoms with van der Waals surface area (Å²) in [5, 5.41) is 23.0. The lowest BCUT2D eigenvalue weighted by molar-refractivity contribution is 0.0909. The summed E-state index contributed by atoms with van der Waals surface area (Å²) in [5.41, 5.74) is 22.8. The second-order valence-electron chi connectivity index (χ2n) is 25.3. The molecule has 5 heteroatoms. The van der Waals surface area contributed by atoms with Gasteiger partial charge in [0.2, 0.25) is 0 Å². The first kappa shape index (κ1) is 43.8. The van der Waals surface area contributed by atoms with E-state index in [0.717, 1.165) is 115 Å². The zero-order chi connectivity index (χ0) is 53.1. The number of hydrogen-bond donors (Lipinski definition) is 0. The van der Waals surface area contributed by atoms with Crippen molar-refractivity contribution in [3.8, 4) is 17.2 Å². The summed E-state index contributed by atoms with van der Waals surface area (Å²) in [7, 11) is 0. The lowest BCUT2D eigenvalue weighted by Crippen LogP contribution is -2.29. The number of fused-ring (bicyclic) bond motifs is 18. The summed E-state index contributed by atoms with van der Waals surface area (Å²) in [5.74, 6) is -0.0285. The number of carbonyl (C=O) groups excluding carboxylic acids is 1. The second kappa shape index (κ2) is 14.1. The Labute approximate surface area is 455 Å². The van der Waals surface area contributed by atoms with Crippen molar-refractivity contribution in [2.45, 2.75) is 76.5 Å². The van der Waals surface area contributed by atoms with Crippen molar-refractivity contribution < 1.29 is 9.21 Å². The molecule has 0 N–H and O–H groups in total. The van der Waals surface area contributed by atoms with Crippen LogP contribution < -0.4 is 0 Å². The molecule has 0 radical (unpaired) electrons. The van der Waals surface area contributed by atoms with E-state index in [-0.39, 0.29) is 23.0 Å². The van der Waals surface area contributed by atoms with Crippen molar-refractivity contribution in [1.29, 1.82) is 5.26 Å². The Hall–Kier alpha value is -9.24. The minimum absolute atomic E-state index is 0.0855. The molecule has 10 aromatic carbocycles. The molecule has 0 atom stereocenters. The molecule has 5 nitrogen and oxygen atoms in total. The minimum atomic E-state index is -0.741. The number of ketones is 1. The van der Waals surface area contributed by atoms with E-state index >= 15 is 4.79 Å². The average Bonchev–Trinajstić information content (AvgIpc) is 2.05. The van der Waals surface area contributed by atoms with Gasteiger partial charge in [0.1, 0.15) is 11.2 Å². The van der Waals surface area contributed by atoms with Gasteiger partial charge in [-0.2, -0.15) is 5.26 Å². The quantitative estimate of drug-likeness (QED) is 0.165. The molecule has 4 aliphatic carbocycles. The predicted molar refractivity (Wildman–Crippen MR) is 323 cm³/mol. The number of furan rings is 1. The Morgan fingerprint density at radius 2 is 1.05 bits per heavy atom. The van der Waals surface area contributed by atoms with Gasteiger partial charge >= 0.3 is 0 Å². The van der Waals surface area contributed by atoms with Gasteiger partial charge in [0.15, 0.2) is 5.78 Å². The van der Waals surface area contributed by atoms with Crippen LogP contribution in [0.1, 0.15) is 132 Å². The van der Waals surface area contributed by atoms with Crippen LogP contribution in [0.2, 0.25) is 0 Å². The third kappa shape index (κ3) is 5.03. The van der Waals surface area contributed by atoms with Crippen LogP contribution >= 0.6 is 0 Å². The summed E-state index contributed by atoms with van der Waals surface area (Å²) in [6.07, 6.45) is 0. The molecule has 0 saturated heterocycles. The fourth-order valence-corrected chi connectivity index (χ4v) is 16.1. The molecule has 79 heavy (non-hydrogen) atoms. The standard InChI is InChI=1S/C74H51N3O2/c1-72(2,3)39-30-47-45-32-53-49(71(78)74(6,7)52-27-17-16-26-51(52)73(53,4)5)34-54(45)76-55-35-50-56(33-46(55)48(31-39)68(47)76)77-57-29-38(36-75)60-61-40-21-11-13-23-42(40)62(43-24-14-12-22-41(43)61)66(60)65(57)67-69(77)63(50)59(37-19-9-8-10-20-37)64-44-25-15-18-28-58(44)79-70(64)67/h8-35,61-62H,1-7H3. The van der Waals surface area contributed by atoms with Gasteiger partial charge in [-0.25, -0.2) is 0 Å². The van der Waals surface area contributed by atoms with E-state index in [1.807, 2.05) is 0 Å². The fourth-order valence-electron chi connectivity index (χ4n) is 16.1. The molecule has 0 fully saturated rings. The van der Waals surface area contributed by atoms with Crippen molar-refractivity contribution >= 4 is 104 Å². The molecule has 0 spiro atoms. The zero-order valence-corrected chi connectivity index (χ0v) is 45.0. The number of nitriles is 1. The molecule has 0 unspecified atom stereocenters. The van der Waals surface area contributed by atoms with Crippen LogP contribution in [0.4, 0.5) is 0 Å². The van der Waals surface area contributed by atoms with Gasteiger partial charge in [0.25, 0.3) is 0 Å². The van der Waals surface area contributed by atoms with Crippen LogP contribution in [0.3, 0.4) is 0 Å². The van der Waals surface area contributed by atoms with E-state index in [4.69, 9.17) is 4.42 Å². The largest absolute Gasteiger partial charge is 0.455 e. The summed E-state index contributed by atoms with van der Waals surface area (Å²) < 4.78 is 12.3. The molecule has 0 saturated carbocycles. The number of nitrogens with zero attached hydrogens (tertiary/aromatic N) is 3. The number of aromatic nitrogens is 2. The van der Waals surface area contributed by atoms with E-state index in [0.29, 0.717) is 5.56 Å². The molecule has 5 aromatic heterocycles. The molecule has 374 valence electrons. The van der Waals surface area contributed by atoms with E-state index < -0.39 is 10.8 Å². The Bertz CT molecular complexity index is 5340. The SMILES string of the molecule is CC(C)(C)c1cc2c3cc4c(cc3n3c5cc6c7c(-c8ccccc8)c8c9ccccc9oc8c8c9c%10c(c(C#N)cc9n(c6cc5c(c1)c23)c78)C1c2ccccc2C%10c2ccccc21)C(=O)C(C)(C)c1ccccc1C4(C)C. The van der Waals surface area contributed by atoms with Gasteiger partial charge in [-0.15, -0.1) is 0 Å². The lowest BCUT2D eigenvalue weighted by atomic mass is 9.59. The Morgan fingerprint density at radius 1 is 0.494 bits per heavy atom. The van der Waals surface area contributed by atoms with Crippen LogP contribution in [0.5, 0.6) is 0 Å². The fraction of sp³-hybridized carbons (Fsp3) is 0.162. The van der Waals surface area contributed by atoms with Gasteiger partial charge < -0.3 is 13.2 Å². The molecular weight excluding hydrogens is 963 g/mol. The van der Waals surface area contributed by atoms with Gasteiger partial charge in [-0.1, -0.05) is 156 Å². The average molecular weight is 1010 g/mol. The molecule has 2 bridgehead atoms. The Morgan fingerprint density at radius 3 is 1.72 bits per heavy atom. The second-order valence-corrected chi connectivity index (χ2v) is 25.3. The van der Waals surface area contributed by atoms with Crippen LogP contribution in [0.15, 0.2) is 174 Å². The van der Waals surface area contributed by atoms with Crippen molar-refractivity contribution in [1.82, 2.24) is 8.80 Å². The van der Waals surface area contributed by atoms with E-state index in [2.05, 4.69) is 233 Å². The van der Waals surface area contributed by atoms with Gasteiger partial charge in [0, 0.05) is 76.9 Å². The number of carbonyl (C=O) groups is 1. The third-order valence-electron chi connectivity index (χ3n) is 19.7. The van der Waals surface area contributed by atoms with Gasteiger partial charge in [-0.3, -0.25) is 4.79 Å². The first-order chi connectivity index (χ1) is 38.3. The van der Waals surface area contributed by atoms with Crippen LogP contribution in [0, 0.1) is 11.3 Å². The highest BCUT2D eigenvalue weighted by atomic mass is 16.3. The molecule has 19 rings (SSSR count). The molecule has 5 heterocycles. The smallest absolute Gasteiger partial charge is 0.173 e. The number of benzene rings is 10. The first-order valence-corrected chi connectivity index (χ1v) is 27.9. The normalized spacial score (nSPS) is 17.3. The molecular formula is C74H51N3O2. The number of Topliss-reactive ketones (excluding diaryl/α,β-unsaturated/α-hetero) is 1. The predicted octanol–water partition coefficient (Wildman–Crippen LogP) is 18.5. The van der Waals surface area contributed by atoms with E-state index in [9.17, 15) is 5.26 Å². The lowest BCUT2D eigenvalue weighted by Gasteiger charge is -2.43. The Kier molecular flexibility index (Phi) is 7.81. The number of hydrogen-bond acceptors (Lipinski definition) is 3. The van der Waals surface area contributed by atoms with Gasteiger partial charge in [0.05, 0.1) is 55.5 Å². The van der Waals surface area contributed by atoms with Crippen molar-refractivity contribution in [3.05, 3.63) is 237 Å². The highest BCUT2D eigenvalue weighted by molar-refractivity contribution is 6.40. The monoisotopic (exact) mass is 1010 g/mol. The maximum Gasteiger partial charge on any atom is 0.173 e. The molecule has 0 aliphatic heterocycles.